The van der Waals surface area contributed by atoms with Gasteiger partial charge < -0.3 is 20.7 Å². The van der Waals surface area contributed by atoms with Gasteiger partial charge in [0.1, 0.15) is 0 Å². The molecule has 4 rings (SSSR count). The van der Waals surface area contributed by atoms with E-state index in [0.717, 1.165) is 42.1 Å². The van der Waals surface area contributed by atoms with Crippen molar-refractivity contribution in [2.45, 2.75) is 12.6 Å². The third kappa shape index (κ3) is 1.65. The van der Waals surface area contributed by atoms with Crippen LogP contribution in [-0.4, -0.2) is 37.0 Å². The van der Waals surface area contributed by atoms with Gasteiger partial charge in [0.25, 0.3) is 0 Å². The molecule has 0 saturated carbocycles. The number of fused-ring (bicyclic) bond motifs is 3. The predicted octanol–water partition coefficient (Wildman–Crippen LogP) is 1.24. The summed E-state index contributed by atoms with van der Waals surface area (Å²) in [5, 5.41) is 7.98. The van der Waals surface area contributed by atoms with Crippen molar-refractivity contribution < 1.29 is 4.74 Å². The van der Waals surface area contributed by atoms with E-state index < -0.39 is 0 Å². The van der Waals surface area contributed by atoms with Gasteiger partial charge in [0, 0.05) is 25.7 Å². The molecule has 0 bridgehead atoms. The predicted molar refractivity (Wildman–Crippen MR) is 82.6 cm³/mol. The zero-order valence-corrected chi connectivity index (χ0v) is 12.3. The normalized spacial score (nSPS) is 17.1. The van der Waals surface area contributed by atoms with E-state index in [1.54, 1.807) is 7.11 Å². The summed E-state index contributed by atoms with van der Waals surface area (Å²) in [6, 6.07) is 6.43. The van der Waals surface area contributed by atoms with E-state index in [1.165, 1.54) is 5.69 Å². The topological polar surface area (TPSA) is 68.3 Å². The maximum Gasteiger partial charge on any atom is 0.240 e. The second kappa shape index (κ2) is 4.39. The van der Waals surface area contributed by atoms with Crippen molar-refractivity contribution in [3.63, 3.8) is 0 Å². The highest BCUT2D eigenvalue weighted by molar-refractivity contribution is 5.91. The second-order valence-electron chi connectivity index (χ2n) is 5.69. The minimum Gasteiger partial charge on any atom is -0.479 e. The van der Waals surface area contributed by atoms with E-state index in [9.17, 15) is 0 Å². The maximum absolute atomic E-state index is 6.16. The third-order valence-electron chi connectivity index (χ3n) is 4.38. The molecule has 3 heterocycles. The Kier molecular flexibility index (Phi) is 2.62. The molecule has 1 fully saturated rings. The summed E-state index contributed by atoms with van der Waals surface area (Å²) in [6.07, 6.45) is 0. The van der Waals surface area contributed by atoms with Crippen LogP contribution in [0.4, 0.5) is 11.4 Å². The standard InChI is InChI=1S/C15H19N5O/c1-19-8-12-13(10-4-3-5-11(16)14(10)19)15(21-2)18-20(12)9-6-17-7-9/h3-5,9,17H,6-8,16H2,1-2H3. The highest BCUT2D eigenvalue weighted by atomic mass is 16.5. The van der Waals surface area contributed by atoms with Crippen molar-refractivity contribution in [2.75, 3.05) is 37.9 Å². The number of rotatable bonds is 2. The maximum atomic E-state index is 6.16. The van der Waals surface area contributed by atoms with Crippen LogP contribution in [0.25, 0.3) is 11.1 Å². The lowest BCUT2D eigenvalue weighted by atomic mass is 9.97. The molecular weight excluding hydrogens is 266 g/mol. The lowest BCUT2D eigenvalue weighted by Gasteiger charge is -2.33. The number of nitrogens with one attached hydrogen (secondary N) is 1. The molecule has 2 aliphatic rings. The molecule has 1 saturated heterocycles. The molecule has 0 unspecified atom stereocenters. The van der Waals surface area contributed by atoms with Crippen LogP contribution in [0.1, 0.15) is 11.7 Å². The first-order valence-corrected chi connectivity index (χ1v) is 7.16. The molecule has 110 valence electrons. The van der Waals surface area contributed by atoms with Gasteiger partial charge in [0.05, 0.1) is 42.3 Å². The van der Waals surface area contributed by atoms with Gasteiger partial charge in [-0.05, 0) is 6.07 Å². The highest BCUT2D eigenvalue weighted by Gasteiger charge is 2.33. The first-order chi connectivity index (χ1) is 10.2. The molecule has 0 amide bonds. The molecule has 1 aromatic heterocycles. The summed E-state index contributed by atoms with van der Waals surface area (Å²) in [5.41, 5.74) is 11.4. The molecule has 0 atom stereocenters. The van der Waals surface area contributed by atoms with Gasteiger partial charge >= 0.3 is 0 Å². The van der Waals surface area contributed by atoms with Crippen LogP contribution >= 0.6 is 0 Å². The number of aromatic nitrogens is 2. The smallest absolute Gasteiger partial charge is 0.240 e. The monoisotopic (exact) mass is 285 g/mol. The number of benzene rings is 1. The summed E-state index contributed by atoms with van der Waals surface area (Å²) in [5.74, 6) is 0.692. The molecule has 0 aliphatic carbocycles. The average molecular weight is 285 g/mol. The van der Waals surface area contributed by atoms with Crippen LogP contribution in [0.2, 0.25) is 0 Å². The fourth-order valence-electron chi connectivity index (χ4n) is 3.25. The zero-order valence-electron chi connectivity index (χ0n) is 12.3. The molecule has 6 heteroatoms. The summed E-state index contributed by atoms with van der Waals surface area (Å²) in [7, 11) is 3.75. The molecule has 21 heavy (non-hydrogen) atoms. The molecule has 6 nitrogen and oxygen atoms in total. The zero-order chi connectivity index (χ0) is 14.6. The van der Waals surface area contributed by atoms with Crippen LogP contribution in [0, 0.1) is 0 Å². The average Bonchev–Trinajstić information content (AvgIpc) is 2.76. The summed E-state index contributed by atoms with van der Waals surface area (Å²) in [6.45, 7) is 2.72. The van der Waals surface area contributed by atoms with Crippen molar-refractivity contribution in [2.24, 2.45) is 0 Å². The van der Waals surface area contributed by atoms with Crippen molar-refractivity contribution >= 4 is 11.4 Å². The van der Waals surface area contributed by atoms with Crippen molar-refractivity contribution in [3.8, 4) is 17.0 Å². The fraction of sp³-hybridized carbons (Fsp3) is 0.400. The first-order valence-electron chi connectivity index (χ1n) is 7.16. The Bertz CT molecular complexity index is 704. The lowest BCUT2D eigenvalue weighted by Crippen LogP contribution is -2.44. The van der Waals surface area contributed by atoms with Crippen LogP contribution < -0.4 is 20.7 Å². The number of anilines is 2. The quantitative estimate of drug-likeness (QED) is 0.812. The van der Waals surface area contributed by atoms with E-state index >= 15 is 0 Å². The number of methoxy groups -OCH3 is 1. The van der Waals surface area contributed by atoms with Gasteiger partial charge in [-0.3, -0.25) is 4.68 Å². The van der Waals surface area contributed by atoms with E-state index in [1.807, 2.05) is 12.1 Å². The summed E-state index contributed by atoms with van der Waals surface area (Å²) >= 11 is 0. The van der Waals surface area contributed by atoms with Crippen LogP contribution in [-0.2, 0) is 6.54 Å². The Morgan fingerprint density at radius 1 is 1.38 bits per heavy atom. The van der Waals surface area contributed by atoms with Gasteiger partial charge in [-0.15, -0.1) is 5.10 Å². The fourth-order valence-corrected chi connectivity index (χ4v) is 3.25. The van der Waals surface area contributed by atoms with Crippen LogP contribution in [0.3, 0.4) is 0 Å². The van der Waals surface area contributed by atoms with Gasteiger partial charge in [-0.2, -0.15) is 0 Å². The minimum absolute atomic E-state index is 0.415. The Morgan fingerprint density at radius 2 is 2.19 bits per heavy atom. The number of nitrogens with zero attached hydrogens (tertiary/aromatic N) is 3. The molecule has 3 N–H and O–H groups in total. The number of para-hydroxylation sites is 1. The van der Waals surface area contributed by atoms with E-state index in [4.69, 9.17) is 10.5 Å². The second-order valence-corrected chi connectivity index (χ2v) is 5.69. The number of nitrogens with two attached hydrogens (primary N) is 1. The van der Waals surface area contributed by atoms with E-state index in [0.29, 0.717) is 11.9 Å². The molecular formula is C15H19N5O. The Morgan fingerprint density at radius 3 is 2.86 bits per heavy atom. The summed E-state index contributed by atoms with van der Waals surface area (Å²) in [4.78, 5) is 2.19. The van der Waals surface area contributed by atoms with Gasteiger partial charge in [-0.25, -0.2) is 0 Å². The molecule has 0 spiro atoms. The SMILES string of the molecule is COc1nn(C2CNC2)c2c1-c1cccc(N)c1N(C)C2. The van der Waals surface area contributed by atoms with Gasteiger partial charge in [-0.1, -0.05) is 12.1 Å². The Labute approximate surface area is 123 Å². The lowest BCUT2D eigenvalue weighted by molar-refractivity contribution is 0.299. The van der Waals surface area contributed by atoms with Crippen molar-refractivity contribution in [1.82, 2.24) is 15.1 Å². The number of hydrogen-bond acceptors (Lipinski definition) is 5. The van der Waals surface area contributed by atoms with E-state index in [-0.39, 0.29) is 0 Å². The molecule has 1 aromatic carbocycles. The minimum atomic E-state index is 0.415. The highest BCUT2D eigenvalue weighted by Crippen LogP contribution is 2.46. The molecule has 0 radical (unpaired) electrons. The Hall–Kier alpha value is -2.21. The number of ether oxygens (including phenoxy) is 1. The number of hydrogen-bond donors (Lipinski definition) is 2. The van der Waals surface area contributed by atoms with Crippen LogP contribution in [0.15, 0.2) is 18.2 Å². The summed E-state index contributed by atoms with van der Waals surface area (Å²) < 4.78 is 7.65. The van der Waals surface area contributed by atoms with E-state index in [2.05, 4.69) is 33.1 Å². The Balaban J connectivity index is 1.96. The van der Waals surface area contributed by atoms with Gasteiger partial charge in [0.15, 0.2) is 0 Å². The first kappa shape index (κ1) is 12.5. The van der Waals surface area contributed by atoms with Gasteiger partial charge in [0.2, 0.25) is 5.88 Å². The molecule has 2 aromatic rings. The van der Waals surface area contributed by atoms with Crippen molar-refractivity contribution in [3.05, 3.63) is 23.9 Å². The largest absolute Gasteiger partial charge is 0.479 e. The van der Waals surface area contributed by atoms with Crippen molar-refractivity contribution in [1.29, 1.82) is 0 Å². The number of nitrogen functional groups attached to an aromatic ring is 1. The van der Waals surface area contributed by atoms with Crippen LogP contribution in [0.5, 0.6) is 5.88 Å². The molecule has 2 aliphatic heterocycles. The third-order valence-corrected chi connectivity index (χ3v) is 4.38.